The van der Waals surface area contributed by atoms with Crippen LogP contribution in [0.2, 0.25) is 0 Å². The minimum atomic E-state index is -0.425. The summed E-state index contributed by atoms with van der Waals surface area (Å²) in [7, 11) is 0. The number of nitriles is 1. The monoisotopic (exact) mass is 281 g/mol. The highest BCUT2D eigenvalue weighted by atomic mass is 16.5. The summed E-state index contributed by atoms with van der Waals surface area (Å²) in [5, 5.41) is 8.72. The molecule has 0 aliphatic heterocycles. The van der Waals surface area contributed by atoms with Crippen LogP contribution in [0, 0.1) is 11.3 Å². The lowest BCUT2D eigenvalue weighted by Crippen LogP contribution is -2.06. The zero-order valence-corrected chi connectivity index (χ0v) is 11.7. The number of para-hydroxylation sites is 1. The van der Waals surface area contributed by atoms with Gasteiger partial charge in [-0.1, -0.05) is 18.2 Å². The van der Waals surface area contributed by atoms with E-state index in [9.17, 15) is 4.79 Å². The van der Waals surface area contributed by atoms with Crippen LogP contribution in [0.5, 0.6) is 5.75 Å². The normalized spacial score (nSPS) is 9.71. The summed E-state index contributed by atoms with van der Waals surface area (Å²) in [5.41, 5.74) is 1.75. The van der Waals surface area contributed by atoms with Crippen LogP contribution in [-0.2, 0) is 11.3 Å². The van der Waals surface area contributed by atoms with Crippen molar-refractivity contribution in [3.63, 3.8) is 0 Å². The van der Waals surface area contributed by atoms with Gasteiger partial charge >= 0.3 is 5.97 Å². The molecule has 4 nitrogen and oxygen atoms in total. The lowest BCUT2D eigenvalue weighted by atomic mass is 10.1. The molecule has 21 heavy (non-hydrogen) atoms. The molecule has 0 saturated carbocycles. The number of rotatable bonds is 5. The molecule has 0 aromatic heterocycles. The zero-order valence-electron chi connectivity index (χ0n) is 11.7. The molecule has 0 radical (unpaired) electrons. The molecule has 0 amide bonds. The second-order valence-electron chi connectivity index (χ2n) is 4.31. The van der Waals surface area contributed by atoms with Gasteiger partial charge in [-0.25, -0.2) is 4.79 Å². The van der Waals surface area contributed by atoms with Crippen molar-refractivity contribution in [3.8, 4) is 11.8 Å². The first-order valence-corrected chi connectivity index (χ1v) is 6.62. The second kappa shape index (κ2) is 7.11. The van der Waals surface area contributed by atoms with Gasteiger partial charge in [0.15, 0.2) is 0 Å². The molecule has 2 aromatic carbocycles. The minimum absolute atomic E-state index is 0.148. The highest BCUT2D eigenvalue weighted by Gasteiger charge is 2.09. The number of benzene rings is 2. The number of carbonyl (C=O) groups excluding carboxylic acids is 1. The van der Waals surface area contributed by atoms with Gasteiger partial charge in [-0.2, -0.15) is 5.26 Å². The zero-order chi connectivity index (χ0) is 15.1. The van der Waals surface area contributed by atoms with Crippen LogP contribution in [0.15, 0.2) is 48.5 Å². The predicted octanol–water partition coefficient (Wildman–Crippen LogP) is 3.31. The van der Waals surface area contributed by atoms with Gasteiger partial charge in [-0.15, -0.1) is 0 Å². The first-order chi connectivity index (χ1) is 10.2. The molecule has 2 aromatic rings. The van der Waals surface area contributed by atoms with Gasteiger partial charge < -0.3 is 9.47 Å². The highest BCUT2D eigenvalue weighted by molar-refractivity contribution is 5.89. The van der Waals surface area contributed by atoms with Crippen molar-refractivity contribution in [1.29, 1.82) is 5.26 Å². The first kappa shape index (κ1) is 14.6. The average Bonchev–Trinajstić information content (AvgIpc) is 2.54. The lowest BCUT2D eigenvalue weighted by Gasteiger charge is -2.10. The molecule has 0 unspecified atom stereocenters. The predicted molar refractivity (Wildman–Crippen MR) is 77.9 cm³/mol. The van der Waals surface area contributed by atoms with Crippen molar-refractivity contribution < 1.29 is 14.3 Å². The Morgan fingerprint density at radius 3 is 2.52 bits per heavy atom. The summed E-state index contributed by atoms with van der Waals surface area (Å²) in [6.07, 6.45) is 0. The molecular weight excluding hydrogens is 266 g/mol. The van der Waals surface area contributed by atoms with Gasteiger partial charge in [0.25, 0.3) is 0 Å². The van der Waals surface area contributed by atoms with Gasteiger partial charge in [-0.3, -0.25) is 0 Å². The number of esters is 1. The SMILES string of the molecule is CCOc1ccccc1COC(=O)c1ccc(C#N)cc1. The standard InChI is InChI=1S/C17H15NO3/c1-2-20-16-6-4-3-5-15(16)12-21-17(19)14-9-7-13(11-18)8-10-14/h3-10H,2,12H2,1H3. The summed E-state index contributed by atoms with van der Waals surface area (Å²) < 4.78 is 10.8. The molecule has 0 bridgehead atoms. The van der Waals surface area contributed by atoms with E-state index in [-0.39, 0.29) is 6.61 Å². The van der Waals surface area contributed by atoms with Crippen molar-refractivity contribution in [3.05, 3.63) is 65.2 Å². The van der Waals surface area contributed by atoms with Gasteiger partial charge in [0, 0.05) is 5.56 Å². The Bertz CT molecular complexity index is 656. The molecule has 0 heterocycles. The number of hydrogen-bond acceptors (Lipinski definition) is 4. The Kier molecular flexibility index (Phi) is 4.94. The lowest BCUT2D eigenvalue weighted by molar-refractivity contribution is 0.0469. The van der Waals surface area contributed by atoms with Crippen molar-refractivity contribution in [2.75, 3.05) is 6.61 Å². The van der Waals surface area contributed by atoms with Crippen LogP contribution in [0.4, 0.5) is 0 Å². The summed E-state index contributed by atoms with van der Waals surface area (Å²) >= 11 is 0. The third-order valence-corrected chi connectivity index (χ3v) is 2.88. The molecule has 4 heteroatoms. The van der Waals surface area contributed by atoms with Crippen LogP contribution >= 0.6 is 0 Å². The Morgan fingerprint density at radius 2 is 1.86 bits per heavy atom. The average molecular weight is 281 g/mol. The van der Waals surface area contributed by atoms with Crippen molar-refractivity contribution in [1.82, 2.24) is 0 Å². The van der Waals surface area contributed by atoms with Gasteiger partial charge in [0.1, 0.15) is 12.4 Å². The Hall–Kier alpha value is -2.80. The minimum Gasteiger partial charge on any atom is -0.493 e. The van der Waals surface area contributed by atoms with E-state index < -0.39 is 5.97 Å². The number of carbonyl (C=O) groups is 1. The van der Waals surface area contributed by atoms with E-state index in [1.54, 1.807) is 24.3 Å². The molecule has 0 spiro atoms. The maximum Gasteiger partial charge on any atom is 0.338 e. The summed E-state index contributed by atoms with van der Waals surface area (Å²) in [4.78, 5) is 11.9. The van der Waals surface area contributed by atoms with Crippen LogP contribution in [-0.4, -0.2) is 12.6 Å². The van der Waals surface area contributed by atoms with Crippen LogP contribution in [0.25, 0.3) is 0 Å². The molecule has 0 atom stereocenters. The molecule has 0 saturated heterocycles. The fourth-order valence-corrected chi connectivity index (χ4v) is 1.83. The summed E-state index contributed by atoms with van der Waals surface area (Å²) in [6, 6.07) is 15.8. The maximum atomic E-state index is 11.9. The van der Waals surface area contributed by atoms with Gasteiger partial charge in [-0.05, 0) is 37.3 Å². The molecule has 0 fully saturated rings. The highest BCUT2D eigenvalue weighted by Crippen LogP contribution is 2.19. The Labute approximate surface area is 123 Å². The molecule has 0 aliphatic rings. The largest absolute Gasteiger partial charge is 0.493 e. The van der Waals surface area contributed by atoms with Gasteiger partial charge in [0.2, 0.25) is 0 Å². The third-order valence-electron chi connectivity index (χ3n) is 2.88. The fraction of sp³-hybridized carbons (Fsp3) is 0.176. The fourth-order valence-electron chi connectivity index (χ4n) is 1.83. The van der Waals surface area contributed by atoms with E-state index in [0.29, 0.717) is 23.5 Å². The van der Waals surface area contributed by atoms with E-state index in [2.05, 4.69) is 0 Å². The van der Waals surface area contributed by atoms with Crippen molar-refractivity contribution in [2.24, 2.45) is 0 Å². The molecule has 2 rings (SSSR count). The first-order valence-electron chi connectivity index (χ1n) is 6.62. The maximum absolute atomic E-state index is 11.9. The molecule has 0 aliphatic carbocycles. The number of hydrogen-bond donors (Lipinski definition) is 0. The summed E-state index contributed by atoms with van der Waals surface area (Å²) in [6.45, 7) is 2.61. The van der Waals surface area contributed by atoms with E-state index >= 15 is 0 Å². The van der Waals surface area contributed by atoms with Crippen LogP contribution < -0.4 is 4.74 Å². The third kappa shape index (κ3) is 3.83. The number of ether oxygens (including phenoxy) is 2. The van der Waals surface area contributed by atoms with Crippen molar-refractivity contribution >= 4 is 5.97 Å². The topological polar surface area (TPSA) is 59.3 Å². The smallest absolute Gasteiger partial charge is 0.338 e. The molecule has 106 valence electrons. The van der Waals surface area contributed by atoms with E-state index in [0.717, 1.165) is 5.56 Å². The second-order valence-corrected chi connectivity index (χ2v) is 4.31. The quantitative estimate of drug-likeness (QED) is 0.789. The van der Waals surface area contributed by atoms with E-state index in [1.165, 1.54) is 0 Å². The Morgan fingerprint density at radius 1 is 1.14 bits per heavy atom. The molecular formula is C17H15NO3. The van der Waals surface area contributed by atoms with Crippen LogP contribution in [0.1, 0.15) is 28.4 Å². The van der Waals surface area contributed by atoms with E-state index in [4.69, 9.17) is 14.7 Å². The van der Waals surface area contributed by atoms with Crippen LogP contribution in [0.3, 0.4) is 0 Å². The van der Waals surface area contributed by atoms with Gasteiger partial charge in [0.05, 0.1) is 23.8 Å². The van der Waals surface area contributed by atoms with Crippen molar-refractivity contribution in [2.45, 2.75) is 13.5 Å². The number of nitrogens with zero attached hydrogens (tertiary/aromatic N) is 1. The summed E-state index contributed by atoms with van der Waals surface area (Å²) in [5.74, 6) is 0.290. The Balaban J connectivity index is 2.02. The van der Waals surface area contributed by atoms with E-state index in [1.807, 2.05) is 37.3 Å². The molecule has 0 N–H and O–H groups in total.